The van der Waals surface area contributed by atoms with Crippen LogP contribution in [0.1, 0.15) is 206 Å². The van der Waals surface area contributed by atoms with Crippen LogP contribution < -0.4 is 0 Å². The topological polar surface area (TPSA) is 21.7 Å². The minimum Gasteiger partial charge on any atom is -0.344 e. The Morgan fingerprint density at radius 1 is 0.520 bits per heavy atom. The van der Waals surface area contributed by atoms with Crippen LogP contribution in [0.25, 0.3) is 0 Å². The standard InChI is InChI=1S/C47H83NO2/c1-4-6-8-10-12-14-16-18-20-22-24-26-28-30-32-34-37-46(39-40-47(43-46)49-44-36-41-48(3)42-45(44)50-47)38-35-33-31-29-27-25-23-21-19-17-15-13-11-9-7-5-2/h12-15,18-21,44-45H,4-11,16-17,22-43H2,1-3H3/t44-,45?,46?,47?/m0/s1. The van der Waals surface area contributed by atoms with Crippen LogP contribution in [0.15, 0.2) is 48.6 Å². The van der Waals surface area contributed by atoms with Crippen LogP contribution in [0.5, 0.6) is 0 Å². The number of fused-ring (bicyclic) bond motifs is 1. The summed E-state index contributed by atoms with van der Waals surface area (Å²) < 4.78 is 13.6. The Labute approximate surface area is 312 Å². The molecule has 3 atom stereocenters. The van der Waals surface area contributed by atoms with Gasteiger partial charge in [-0.05, 0) is 102 Å². The Hall–Kier alpha value is -1.16. The highest BCUT2D eigenvalue weighted by Crippen LogP contribution is 2.56. The molecule has 0 aromatic rings. The van der Waals surface area contributed by atoms with Crippen molar-refractivity contribution < 1.29 is 9.47 Å². The number of nitrogens with zero attached hydrogens (tertiary/aromatic N) is 1. The quantitative estimate of drug-likeness (QED) is 0.0552. The SMILES string of the molecule is CCCCCC=CCC=CCCCCCCCCC1(CCCCCCCCC=CCC=CCCCCC)CCC2(C1)OC1CN(C)CC[C@@H]1O2. The molecule has 2 heterocycles. The molecule has 50 heavy (non-hydrogen) atoms. The van der Waals surface area contributed by atoms with E-state index in [4.69, 9.17) is 9.47 Å². The van der Waals surface area contributed by atoms with Gasteiger partial charge in [-0.3, -0.25) is 0 Å². The van der Waals surface area contributed by atoms with Crippen LogP contribution in [-0.4, -0.2) is 43.0 Å². The van der Waals surface area contributed by atoms with Crippen LogP contribution in [0.4, 0.5) is 0 Å². The van der Waals surface area contributed by atoms with E-state index in [1.54, 1.807) is 0 Å². The lowest BCUT2D eigenvalue weighted by molar-refractivity contribution is -0.174. The van der Waals surface area contributed by atoms with E-state index in [9.17, 15) is 0 Å². The Bertz CT molecular complexity index is 887. The van der Waals surface area contributed by atoms with Crippen molar-refractivity contribution in [2.24, 2.45) is 5.41 Å². The first-order chi connectivity index (χ1) is 24.6. The van der Waals surface area contributed by atoms with Crippen molar-refractivity contribution in [3.05, 3.63) is 48.6 Å². The molecule has 2 aliphatic heterocycles. The summed E-state index contributed by atoms with van der Waals surface area (Å²) >= 11 is 0. The van der Waals surface area contributed by atoms with Gasteiger partial charge in [0.2, 0.25) is 0 Å². The Kier molecular flexibility index (Phi) is 23.7. The van der Waals surface area contributed by atoms with Gasteiger partial charge in [0, 0.05) is 25.9 Å². The van der Waals surface area contributed by atoms with E-state index in [-0.39, 0.29) is 11.9 Å². The lowest BCUT2D eigenvalue weighted by Gasteiger charge is -2.32. The number of likely N-dealkylation sites (tertiary alicyclic amines) is 1. The predicted molar refractivity (Wildman–Crippen MR) is 219 cm³/mol. The molecule has 0 aromatic carbocycles. The number of allylic oxidation sites excluding steroid dienone is 8. The second-order valence-electron chi connectivity index (χ2n) is 16.6. The molecule has 3 fully saturated rings. The Balaban J connectivity index is 1.28. The molecule has 2 unspecified atom stereocenters. The molecule has 3 rings (SSSR count). The number of piperidine rings is 1. The van der Waals surface area contributed by atoms with Gasteiger partial charge in [0.1, 0.15) is 0 Å². The molecule has 3 heteroatoms. The Morgan fingerprint density at radius 3 is 1.46 bits per heavy atom. The molecule has 0 amide bonds. The molecule has 3 nitrogen and oxygen atoms in total. The molecule has 3 aliphatic rings. The van der Waals surface area contributed by atoms with Crippen LogP contribution in [0.3, 0.4) is 0 Å². The molecular formula is C47H83NO2. The monoisotopic (exact) mass is 694 g/mol. The summed E-state index contributed by atoms with van der Waals surface area (Å²) in [5.41, 5.74) is 0.434. The molecule has 0 aromatic heterocycles. The van der Waals surface area contributed by atoms with Gasteiger partial charge in [0.05, 0.1) is 12.2 Å². The van der Waals surface area contributed by atoms with E-state index in [0.29, 0.717) is 11.5 Å². The molecule has 1 spiro atoms. The first-order valence-corrected chi connectivity index (χ1v) is 22.2. The first-order valence-electron chi connectivity index (χ1n) is 22.2. The van der Waals surface area contributed by atoms with E-state index in [2.05, 4.69) is 74.4 Å². The lowest BCUT2D eigenvalue weighted by Crippen LogP contribution is -2.43. The highest BCUT2D eigenvalue weighted by Gasteiger charge is 2.56. The largest absolute Gasteiger partial charge is 0.344 e. The van der Waals surface area contributed by atoms with Crippen LogP contribution >= 0.6 is 0 Å². The first kappa shape index (κ1) is 43.2. The second-order valence-corrected chi connectivity index (χ2v) is 16.6. The summed E-state index contributed by atoms with van der Waals surface area (Å²) in [6.45, 7) is 6.74. The van der Waals surface area contributed by atoms with Gasteiger partial charge in [-0.2, -0.15) is 0 Å². The fourth-order valence-electron chi connectivity index (χ4n) is 8.81. The molecular weight excluding hydrogens is 611 g/mol. The Morgan fingerprint density at radius 2 is 0.960 bits per heavy atom. The minimum absolute atomic E-state index is 0.281. The van der Waals surface area contributed by atoms with E-state index >= 15 is 0 Å². The number of unbranched alkanes of at least 4 members (excludes halogenated alkanes) is 18. The van der Waals surface area contributed by atoms with Gasteiger partial charge in [0.15, 0.2) is 5.79 Å². The van der Waals surface area contributed by atoms with Gasteiger partial charge in [-0.1, -0.05) is 152 Å². The van der Waals surface area contributed by atoms with Crippen molar-refractivity contribution in [2.75, 3.05) is 20.1 Å². The van der Waals surface area contributed by atoms with E-state index < -0.39 is 0 Å². The van der Waals surface area contributed by atoms with Gasteiger partial charge in [-0.25, -0.2) is 0 Å². The number of rotatable bonds is 30. The highest BCUT2D eigenvalue weighted by atomic mass is 16.8. The zero-order chi connectivity index (χ0) is 35.4. The summed E-state index contributed by atoms with van der Waals surface area (Å²) in [6, 6.07) is 0. The van der Waals surface area contributed by atoms with Crippen LogP contribution in [0.2, 0.25) is 0 Å². The van der Waals surface area contributed by atoms with E-state index in [0.717, 1.165) is 45.2 Å². The van der Waals surface area contributed by atoms with E-state index in [1.807, 2.05) is 0 Å². The lowest BCUT2D eigenvalue weighted by atomic mass is 9.76. The average Bonchev–Trinajstić information content (AvgIpc) is 3.65. The van der Waals surface area contributed by atoms with Crippen molar-refractivity contribution in [1.29, 1.82) is 0 Å². The summed E-state index contributed by atoms with van der Waals surface area (Å²) in [7, 11) is 2.24. The second kappa shape index (κ2) is 27.4. The average molecular weight is 694 g/mol. The van der Waals surface area contributed by atoms with Gasteiger partial charge in [0.25, 0.3) is 0 Å². The molecule has 0 radical (unpaired) electrons. The summed E-state index contributed by atoms with van der Waals surface area (Å²) in [5.74, 6) is -0.281. The van der Waals surface area contributed by atoms with Crippen molar-refractivity contribution in [1.82, 2.24) is 4.90 Å². The maximum atomic E-state index is 6.82. The number of likely N-dealkylation sites (N-methyl/N-ethyl adjacent to an activating group) is 1. The van der Waals surface area contributed by atoms with E-state index in [1.165, 1.54) is 161 Å². The van der Waals surface area contributed by atoms with Gasteiger partial charge < -0.3 is 14.4 Å². The van der Waals surface area contributed by atoms with Crippen molar-refractivity contribution in [2.45, 2.75) is 224 Å². The van der Waals surface area contributed by atoms with Crippen LogP contribution in [-0.2, 0) is 9.47 Å². The maximum absolute atomic E-state index is 6.82. The zero-order valence-electron chi connectivity index (χ0n) is 33.7. The van der Waals surface area contributed by atoms with Crippen molar-refractivity contribution in [3.8, 4) is 0 Å². The van der Waals surface area contributed by atoms with Gasteiger partial charge in [-0.15, -0.1) is 0 Å². The summed E-state index contributed by atoms with van der Waals surface area (Å²) in [4.78, 5) is 2.43. The summed E-state index contributed by atoms with van der Waals surface area (Å²) in [6.07, 6.45) is 59.0. The van der Waals surface area contributed by atoms with Gasteiger partial charge >= 0.3 is 0 Å². The third kappa shape index (κ3) is 18.6. The number of hydrogen-bond donors (Lipinski definition) is 0. The van der Waals surface area contributed by atoms with Crippen molar-refractivity contribution >= 4 is 0 Å². The molecule has 1 saturated carbocycles. The molecule has 0 N–H and O–H groups in total. The maximum Gasteiger partial charge on any atom is 0.169 e. The van der Waals surface area contributed by atoms with Crippen molar-refractivity contribution in [3.63, 3.8) is 0 Å². The highest BCUT2D eigenvalue weighted by molar-refractivity contribution is 5.01. The van der Waals surface area contributed by atoms with Crippen LogP contribution in [0, 0.1) is 5.41 Å². The molecule has 1 aliphatic carbocycles. The fraction of sp³-hybridized carbons (Fsp3) is 0.830. The number of hydrogen-bond acceptors (Lipinski definition) is 3. The smallest absolute Gasteiger partial charge is 0.169 e. The third-order valence-corrected chi connectivity index (χ3v) is 11.9. The molecule has 0 bridgehead atoms. The molecule has 2 saturated heterocycles. The third-order valence-electron chi connectivity index (χ3n) is 11.9. The minimum atomic E-state index is -0.281. The zero-order valence-corrected chi connectivity index (χ0v) is 33.7. The summed E-state index contributed by atoms with van der Waals surface area (Å²) in [5, 5.41) is 0. The fourth-order valence-corrected chi connectivity index (χ4v) is 8.81. The number of ether oxygens (including phenoxy) is 2. The normalized spacial score (nSPS) is 25.9. The molecule has 288 valence electrons. The predicted octanol–water partition coefficient (Wildman–Crippen LogP) is 14.4.